The summed E-state index contributed by atoms with van der Waals surface area (Å²) in [4.78, 5) is 12.0. The molecule has 0 amide bonds. The first-order valence-electron chi connectivity index (χ1n) is 5.75. The number of Topliss-reactive ketones (excluding diaryl/α,β-unsaturated/α-hetero) is 1. The standard InChI is InChI=1S/C15H11Br2FO/c16-12-6-5-11(15(18)9-12)8-13(19)7-10-3-1-2-4-14(10)17/h1-6,9H,7-8H2. The number of carbonyl (C=O) groups is 1. The summed E-state index contributed by atoms with van der Waals surface area (Å²) in [6, 6.07) is 12.3. The fraction of sp³-hybridized carbons (Fsp3) is 0.133. The van der Waals surface area contributed by atoms with Crippen LogP contribution in [0.25, 0.3) is 0 Å². The Labute approximate surface area is 128 Å². The topological polar surface area (TPSA) is 17.1 Å². The summed E-state index contributed by atoms with van der Waals surface area (Å²) >= 11 is 6.60. The molecule has 0 atom stereocenters. The predicted molar refractivity (Wildman–Crippen MR) is 80.7 cm³/mol. The number of hydrogen-bond donors (Lipinski definition) is 0. The van der Waals surface area contributed by atoms with Crippen molar-refractivity contribution < 1.29 is 9.18 Å². The summed E-state index contributed by atoms with van der Waals surface area (Å²) in [6.07, 6.45) is 0.414. The fourth-order valence-electron chi connectivity index (χ4n) is 1.79. The molecule has 0 radical (unpaired) electrons. The Hall–Kier alpha value is -1.00. The third-order valence-electron chi connectivity index (χ3n) is 2.75. The van der Waals surface area contributed by atoms with E-state index in [1.165, 1.54) is 6.07 Å². The summed E-state index contributed by atoms with van der Waals surface area (Å²) in [7, 11) is 0. The molecule has 2 aromatic carbocycles. The van der Waals surface area contributed by atoms with Gasteiger partial charge >= 0.3 is 0 Å². The molecule has 0 aliphatic heterocycles. The van der Waals surface area contributed by atoms with Crippen molar-refractivity contribution in [2.45, 2.75) is 12.8 Å². The van der Waals surface area contributed by atoms with Crippen molar-refractivity contribution >= 4 is 37.6 Å². The van der Waals surface area contributed by atoms with Gasteiger partial charge in [-0.1, -0.05) is 56.1 Å². The maximum absolute atomic E-state index is 13.6. The van der Waals surface area contributed by atoms with Crippen molar-refractivity contribution in [1.82, 2.24) is 0 Å². The van der Waals surface area contributed by atoms with Crippen LogP contribution in [0.15, 0.2) is 51.4 Å². The Kier molecular flexibility index (Phi) is 4.88. The lowest BCUT2D eigenvalue weighted by atomic mass is 10.0. The van der Waals surface area contributed by atoms with Crippen LogP contribution in [0.4, 0.5) is 4.39 Å². The molecular weight excluding hydrogens is 375 g/mol. The normalized spacial score (nSPS) is 10.5. The molecule has 0 spiro atoms. The van der Waals surface area contributed by atoms with Gasteiger partial charge in [-0.3, -0.25) is 4.79 Å². The monoisotopic (exact) mass is 384 g/mol. The first-order chi connectivity index (χ1) is 9.06. The van der Waals surface area contributed by atoms with Crippen molar-refractivity contribution in [1.29, 1.82) is 0 Å². The summed E-state index contributed by atoms with van der Waals surface area (Å²) in [6.45, 7) is 0. The summed E-state index contributed by atoms with van der Waals surface area (Å²) in [5.74, 6) is -0.358. The second-order valence-corrected chi connectivity index (χ2v) is 5.99. The average Bonchev–Trinajstić information content (AvgIpc) is 2.36. The number of ketones is 1. The van der Waals surface area contributed by atoms with E-state index in [2.05, 4.69) is 31.9 Å². The zero-order chi connectivity index (χ0) is 13.8. The number of benzene rings is 2. The van der Waals surface area contributed by atoms with E-state index in [1.807, 2.05) is 24.3 Å². The predicted octanol–water partition coefficient (Wildman–Crippen LogP) is 4.71. The third-order valence-corrected chi connectivity index (χ3v) is 4.02. The zero-order valence-electron chi connectivity index (χ0n) is 10.00. The van der Waals surface area contributed by atoms with Crippen molar-refractivity contribution in [3.05, 3.63) is 68.4 Å². The molecule has 0 aliphatic rings. The van der Waals surface area contributed by atoms with Gasteiger partial charge in [0.1, 0.15) is 11.6 Å². The number of rotatable bonds is 4. The quantitative estimate of drug-likeness (QED) is 0.745. The van der Waals surface area contributed by atoms with Crippen LogP contribution >= 0.6 is 31.9 Å². The summed E-state index contributed by atoms with van der Waals surface area (Å²) in [5, 5.41) is 0. The largest absolute Gasteiger partial charge is 0.299 e. The minimum absolute atomic E-state index is 0.00637. The molecule has 1 nitrogen and oxygen atoms in total. The molecule has 0 saturated carbocycles. The first-order valence-corrected chi connectivity index (χ1v) is 7.34. The Morgan fingerprint density at radius 2 is 1.68 bits per heavy atom. The second-order valence-electron chi connectivity index (χ2n) is 4.22. The second kappa shape index (κ2) is 6.44. The van der Waals surface area contributed by atoms with Crippen molar-refractivity contribution in [3.63, 3.8) is 0 Å². The Morgan fingerprint density at radius 3 is 2.37 bits per heavy atom. The molecule has 98 valence electrons. The molecule has 0 bridgehead atoms. The average molecular weight is 386 g/mol. The smallest absolute Gasteiger partial charge is 0.141 e. The maximum atomic E-state index is 13.6. The molecule has 0 N–H and O–H groups in total. The lowest BCUT2D eigenvalue weighted by molar-refractivity contribution is -0.117. The number of carbonyl (C=O) groups excluding carboxylic acids is 1. The van der Waals surface area contributed by atoms with E-state index in [4.69, 9.17) is 0 Å². The van der Waals surface area contributed by atoms with Gasteiger partial charge in [-0.25, -0.2) is 4.39 Å². The number of hydrogen-bond acceptors (Lipinski definition) is 1. The highest BCUT2D eigenvalue weighted by atomic mass is 79.9. The highest BCUT2D eigenvalue weighted by Crippen LogP contribution is 2.19. The van der Waals surface area contributed by atoms with Crippen LogP contribution in [0.3, 0.4) is 0 Å². The Bertz CT molecular complexity index is 611. The van der Waals surface area contributed by atoms with Crippen LogP contribution in [0.2, 0.25) is 0 Å². The molecule has 2 rings (SSSR count). The van der Waals surface area contributed by atoms with Crippen LogP contribution in [0, 0.1) is 5.82 Å². The van der Waals surface area contributed by atoms with E-state index in [9.17, 15) is 9.18 Å². The van der Waals surface area contributed by atoms with Gasteiger partial charge in [-0.15, -0.1) is 0 Å². The number of halogens is 3. The zero-order valence-corrected chi connectivity index (χ0v) is 13.2. The lowest BCUT2D eigenvalue weighted by Gasteiger charge is -2.05. The van der Waals surface area contributed by atoms with Crippen molar-refractivity contribution in [2.75, 3.05) is 0 Å². The summed E-state index contributed by atoms with van der Waals surface area (Å²) < 4.78 is 15.2. The minimum atomic E-state index is -0.352. The van der Waals surface area contributed by atoms with E-state index < -0.39 is 0 Å². The van der Waals surface area contributed by atoms with E-state index in [1.54, 1.807) is 12.1 Å². The van der Waals surface area contributed by atoms with Crippen LogP contribution in [0.1, 0.15) is 11.1 Å². The minimum Gasteiger partial charge on any atom is -0.299 e. The molecule has 4 heteroatoms. The van der Waals surface area contributed by atoms with E-state index >= 15 is 0 Å². The molecule has 0 unspecified atom stereocenters. The highest BCUT2D eigenvalue weighted by Gasteiger charge is 2.10. The first kappa shape index (κ1) is 14.4. The Balaban J connectivity index is 2.08. The molecule has 0 fully saturated rings. The van der Waals surface area contributed by atoms with E-state index in [0.717, 1.165) is 10.0 Å². The third kappa shape index (κ3) is 3.98. The van der Waals surface area contributed by atoms with Gasteiger partial charge < -0.3 is 0 Å². The van der Waals surface area contributed by atoms with Crippen molar-refractivity contribution in [2.24, 2.45) is 0 Å². The van der Waals surface area contributed by atoms with Gasteiger partial charge in [0.25, 0.3) is 0 Å². The maximum Gasteiger partial charge on any atom is 0.141 e. The van der Waals surface area contributed by atoms with Gasteiger partial charge in [-0.2, -0.15) is 0 Å². The van der Waals surface area contributed by atoms with Gasteiger partial charge in [-0.05, 0) is 29.3 Å². The van der Waals surface area contributed by atoms with E-state index in [-0.39, 0.29) is 18.0 Å². The van der Waals surface area contributed by atoms with Gasteiger partial charge in [0.2, 0.25) is 0 Å². The van der Waals surface area contributed by atoms with E-state index in [0.29, 0.717) is 16.5 Å². The van der Waals surface area contributed by atoms with Crippen LogP contribution < -0.4 is 0 Å². The molecule has 0 saturated heterocycles. The van der Waals surface area contributed by atoms with Crippen molar-refractivity contribution in [3.8, 4) is 0 Å². The fourth-order valence-corrected chi connectivity index (χ4v) is 2.55. The molecule has 0 aromatic heterocycles. The van der Waals surface area contributed by atoms with Gasteiger partial charge in [0, 0.05) is 21.8 Å². The lowest BCUT2D eigenvalue weighted by Crippen LogP contribution is -2.08. The van der Waals surface area contributed by atoms with Crippen LogP contribution in [0.5, 0.6) is 0 Å². The summed E-state index contributed by atoms with van der Waals surface area (Å²) in [5.41, 5.74) is 1.35. The Morgan fingerprint density at radius 1 is 1.00 bits per heavy atom. The molecular formula is C15H11Br2FO. The van der Waals surface area contributed by atoms with Crippen LogP contribution in [-0.2, 0) is 17.6 Å². The molecule has 2 aromatic rings. The molecule has 19 heavy (non-hydrogen) atoms. The SMILES string of the molecule is O=C(Cc1ccc(Br)cc1F)Cc1ccccc1Br. The van der Waals surface area contributed by atoms with Gasteiger partial charge in [0.15, 0.2) is 0 Å². The van der Waals surface area contributed by atoms with Crippen LogP contribution in [-0.4, -0.2) is 5.78 Å². The molecule has 0 heterocycles. The van der Waals surface area contributed by atoms with Gasteiger partial charge in [0.05, 0.1) is 0 Å². The molecule has 0 aliphatic carbocycles. The highest BCUT2D eigenvalue weighted by molar-refractivity contribution is 9.10.